The smallest absolute Gasteiger partial charge is 0.260 e. The van der Waals surface area contributed by atoms with Gasteiger partial charge in [-0.2, -0.15) is 0 Å². The molecule has 0 bridgehead atoms. The Kier molecular flexibility index (Phi) is 5.18. The van der Waals surface area contributed by atoms with Crippen molar-refractivity contribution in [2.24, 2.45) is 0 Å². The lowest BCUT2D eigenvalue weighted by Gasteiger charge is -2.30. The quantitative estimate of drug-likeness (QED) is 0.785. The molecular weight excluding hydrogens is 400 g/mol. The number of amides is 2. The van der Waals surface area contributed by atoms with Crippen molar-refractivity contribution < 1.29 is 19.1 Å². The molecule has 1 fully saturated rings. The van der Waals surface area contributed by atoms with Crippen molar-refractivity contribution in [1.29, 1.82) is 0 Å². The van der Waals surface area contributed by atoms with Crippen molar-refractivity contribution in [3.63, 3.8) is 0 Å². The Labute approximate surface area is 180 Å². The number of methoxy groups -OCH3 is 2. The number of hydrogen-bond donors (Lipinski definition) is 1. The van der Waals surface area contributed by atoms with Crippen LogP contribution in [-0.2, 0) is 4.79 Å². The van der Waals surface area contributed by atoms with Gasteiger partial charge in [-0.3, -0.25) is 9.59 Å². The number of hydrogen-bond acceptors (Lipinski definition) is 5. The number of nitrogens with zero attached hydrogens (tertiary/aromatic N) is 1. The van der Waals surface area contributed by atoms with E-state index in [1.165, 1.54) is 7.11 Å². The van der Waals surface area contributed by atoms with Gasteiger partial charge in [0.2, 0.25) is 5.91 Å². The molecule has 0 aromatic heterocycles. The SMILES string of the molecule is COc1ccc2c(c1OC)C(=O)N1C2SC(C)(C)[C@H]1C(=O)NC(C)c1ccccc1. The Bertz CT molecular complexity index is 992. The van der Waals surface area contributed by atoms with Crippen LogP contribution in [0.4, 0.5) is 0 Å². The van der Waals surface area contributed by atoms with E-state index < -0.39 is 10.8 Å². The summed E-state index contributed by atoms with van der Waals surface area (Å²) in [5, 5.41) is 2.87. The van der Waals surface area contributed by atoms with Crippen LogP contribution in [0.25, 0.3) is 0 Å². The number of ether oxygens (including phenoxy) is 2. The molecule has 2 heterocycles. The number of carbonyl (C=O) groups is 2. The average Bonchev–Trinajstić information content (AvgIpc) is 3.16. The summed E-state index contributed by atoms with van der Waals surface area (Å²) in [7, 11) is 3.07. The monoisotopic (exact) mass is 426 g/mol. The molecule has 2 aromatic rings. The van der Waals surface area contributed by atoms with Crippen molar-refractivity contribution in [2.75, 3.05) is 14.2 Å². The predicted octanol–water partition coefficient (Wildman–Crippen LogP) is 3.93. The van der Waals surface area contributed by atoms with E-state index in [-0.39, 0.29) is 23.2 Å². The molecule has 6 nitrogen and oxygen atoms in total. The number of carbonyl (C=O) groups excluding carboxylic acids is 2. The highest BCUT2D eigenvalue weighted by Gasteiger charge is 2.58. The van der Waals surface area contributed by atoms with Gasteiger partial charge in [0.05, 0.1) is 25.8 Å². The van der Waals surface area contributed by atoms with Gasteiger partial charge in [-0.15, -0.1) is 11.8 Å². The van der Waals surface area contributed by atoms with Crippen LogP contribution in [-0.4, -0.2) is 41.7 Å². The van der Waals surface area contributed by atoms with Crippen molar-refractivity contribution in [3.05, 3.63) is 59.2 Å². The fourth-order valence-corrected chi connectivity index (χ4v) is 5.95. The predicted molar refractivity (Wildman–Crippen MR) is 117 cm³/mol. The average molecular weight is 427 g/mol. The summed E-state index contributed by atoms with van der Waals surface area (Å²) < 4.78 is 10.4. The van der Waals surface area contributed by atoms with Gasteiger partial charge >= 0.3 is 0 Å². The molecular formula is C23H26N2O4S. The van der Waals surface area contributed by atoms with E-state index in [2.05, 4.69) is 5.32 Å². The van der Waals surface area contributed by atoms with Crippen LogP contribution in [0.15, 0.2) is 42.5 Å². The van der Waals surface area contributed by atoms with E-state index in [0.29, 0.717) is 17.1 Å². The van der Waals surface area contributed by atoms with E-state index in [4.69, 9.17) is 9.47 Å². The maximum atomic E-state index is 13.5. The lowest BCUT2D eigenvalue weighted by molar-refractivity contribution is -0.126. The van der Waals surface area contributed by atoms with Crippen LogP contribution < -0.4 is 14.8 Å². The van der Waals surface area contributed by atoms with E-state index in [1.807, 2.05) is 63.2 Å². The second-order valence-electron chi connectivity index (χ2n) is 8.09. The molecule has 2 aliphatic rings. The third kappa shape index (κ3) is 3.12. The third-order valence-electron chi connectivity index (χ3n) is 5.80. The van der Waals surface area contributed by atoms with E-state index in [1.54, 1.807) is 23.8 Å². The summed E-state index contributed by atoms with van der Waals surface area (Å²) in [6.07, 6.45) is 0. The van der Waals surface area contributed by atoms with Crippen molar-refractivity contribution in [3.8, 4) is 11.5 Å². The zero-order chi connectivity index (χ0) is 21.6. The minimum absolute atomic E-state index is 0.154. The first kappa shape index (κ1) is 20.6. The van der Waals surface area contributed by atoms with Gasteiger partial charge in [0.25, 0.3) is 5.91 Å². The maximum Gasteiger partial charge on any atom is 0.260 e. The van der Waals surface area contributed by atoms with Crippen LogP contribution in [0.5, 0.6) is 11.5 Å². The van der Waals surface area contributed by atoms with E-state index >= 15 is 0 Å². The highest BCUT2D eigenvalue weighted by Crippen LogP contribution is 2.58. The van der Waals surface area contributed by atoms with Crippen LogP contribution in [0.1, 0.15) is 53.7 Å². The molecule has 0 spiro atoms. The second-order valence-corrected chi connectivity index (χ2v) is 9.83. The summed E-state index contributed by atoms with van der Waals surface area (Å²) in [5.41, 5.74) is 2.37. The molecule has 3 atom stereocenters. The van der Waals surface area contributed by atoms with Gasteiger partial charge in [-0.05, 0) is 32.4 Å². The lowest BCUT2D eigenvalue weighted by Crippen LogP contribution is -2.52. The standard InChI is InChI=1S/C23H26N2O4S/c1-13(14-9-7-6-8-10-14)24-20(26)19-23(2,3)30-22-15-11-12-16(28-4)18(29-5)17(15)21(27)25(19)22/h6-13,19,22H,1-5H3,(H,24,26)/t13?,19-,22?/m1/s1. The number of thioether (sulfide) groups is 1. The Morgan fingerprint density at radius 3 is 2.47 bits per heavy atom. The Morgan fingerprint density at radius 2 is 1.83 bits per heavy atom. The molecule has 2 unspecified atom stereocenters. The van der Waals surface area contributed by atoms with Gasteiger partial charge in [0.1, 0.15) is 11.4 Å². The summed E-state index contributed by atoms with van der Waals surface area (Å²) in [6, 6.07) is 12.8. The van der Waals surface area contributed by atoms with Crippen LogP contribution in [0.2, 0.25) is 0 Å². The summed E-state index contributed by atoms with van der Waals surface area (Å²) >= 11 is 1.62. The minimum Gasteiger partial charge on any atom is -0.493 e. The normalized spacial score (nSPS) is 22.3. The van der Waals surface area contributed by atoms with Crippen LogP contribution >= 0.6 is 11.8 Å². The number of fused-ring (bicyclic) bond motifs is 3. The molecule has 2 amide bonds. The van der Waals surface area contributed by atoms with E-state index in [9.17, 15) is 9.59 Å². The molecule has 1 N–H and O–H groups in total. The van der Waals surface area contributed by atoms with E-state index in [0.717, 1.165) is 11.1 Å². The lowest BCUT2D eigenvalue weighted by atomic mass is 9.99. The molecule has 2 aliphatic heterocycles. The first-order valence-corrected chi connectivity index (χ1v) is 10.8. The fourth-order valence-electron chi connectivity index (χ4n) is 4.37. The molecule has 1 saturated heterocycles. The molecule has 2 aromatic carbocycles. The van der Waals surface area contributed by atoms with Gasteiger partial charge in [-0.25, -0.2) is 0 Å². The zero-order valence-electron chi connectivity index (χ0n) is 17.8. The highest BCUT2D eigenvalue weighted by molar-refractivity contribution is 8.01. The van der Waals surface area contributed by atoms with Crippen molar-refractivity contribution in [2.45, 2.75) is 43.0 Å². The Balaban J connectivity index is 1.67. The number of nitrogens with one attached hydrogen (secondary N) is 1. The molecule has 0 aliphatic carbocycles. The van der Waals surface area contributed by atoms with Gasteiger partial charge in [0, 0.05) is 10.3 Å². The first-order chi connectivity index (χ1) is 14.3. The summed E-state index contributed by atoms with van der Waals surface area (Å²) in [4.78, 5) is 28.6. The Hall–Kier alpha value is -2.67. The van der Waals surface area contributed by atoms with Gasteiger partial charge < -0.3 is 19.7 Å². The fraction of sp³-hybridized carbons (Fsp3) is 0.391. The van der Waals surface area contributed by atoms with Gasteiger partial charge in [0.15, 0.2) is 11.5 Å². The Morgan fingerprint density at radius 1 is 1.13 bits per heavy atom. The summed E-state index contributed by atoms with van der Waals surface area (Å²) in [5.74, 6) is 0.577. The zero-order valence-corrected chi connectivity index (χ0v) is 18.6. The number of benzene rings is 2. The highest BCUT2D eigenvalue weighted by atomic mass is 32.2. The second kappa shape index (κ2) is 7.54. The largest absolute Gasteiger partial charge is 0.493 e. The van der Waals surface area contributed by atoms with Crippen LogP contribution in [0, 0.1) is 0 Å². The number of rotatable bonds is 5. The summed E-state index contributed by atoms with van der Waals surface area (Å²) in [6.45, 7) is 5.98. The first-order valence-electron chi connectivity index (χ1n) is 9.90. The minimum atomic E-state index is -0.603. The molecule has 4 rings (SSSR count). The van der Waals surface area contributed by atoms with Crippen LogP contribution in [0.3, 0.4) is 0 Å². The maximum absolute atomic E-state index is 13.5. The van der Waals surface area contributed by atoms with Crippen molar-refractivity contribution in [1.82, 2.24) is 10.2 Å². The molecule has 7 heteroatoms. The molecule has 0 radical (unpaired) electrons. The molecule has 30 heavy (non-hydrogen) atoms. The third-order valence-corrected chi connectivity index (χ3v) is 7.34. The van der Waals surface area contributed by atoms with Crippen molar-refractivity contribution >= 4 is 23.6 Å². The molecule has 0 saturated carbocycles. The van der Waals surface area contributed by atoms with Gasteiger partial charge in [-0.1, -0.05) is 36.4 Å². The topological polar surface area (TPSA) is 67.9 Å². The molecule has 158 valence electrons.